The maximum Gasteiger partial charge on any atom is 0.409 e. The normalized spacial score (nSPS) is 29.4. The summed E-state index contributed by atoms with van der Waals surface area (Å²) in [5, 5.41) is 2.96. The Kier molecular flexibility index (Phi) is 11.3. The van der Waals surface area contributed by atoms with Crippen molar-refractivity contribution in [3.05, 3.63) is 0 Å². The molecular weight excluding hydrogens is 510 g/mol. The number of alkyl carbamates (subject to hydrolysis) is 1. The van der Waals surface area contributed by atoms with Gasteiger partial charge in [0.1, 0.15) is 19.0 Å². The molecule has 2 fully saturated rings. The first-order valence-corrected chi connectivity index (χ1v) is 20.1. The van der Waals surface area contributed by atoms with Gasteiger partial charge in [0.25, 0.3) is 0 Å². The second-order valence-electron chi connectivity index (χ2n) is 13.7. The Morgan fingerprint density at radius 2 is 1.73 bits per heavy atom. The molecule has 0 aliphatic carbocycles. The zero-order valence-electron chi connectivity index (χ0n) is 25.3. The van der Waals surface area contributed by atoms with Crippen LogP contribution in [-0.4, -0.2) is 93.5 Å². The van der Waals surface area contributed by atoms with Crippen LogP contribution in [0.4, 0.5) is 4.79 Å². The second-order valence-corrected chi connectivity index (χ2v) is 24.1. The average Bonchev–Trinajstić information content (AvgIpc) is 2.75. The first-order chi connectivity index (χ1) is 16.9. The first kappa shape index (κ1) is 32.7. The summed E-state index contributed by atoms with van der Waals surface area (Å²) in [6, 6.07) is 0.898. The molecule has 0 aromatic carbocycles. The lowest BCUT2D eigenvalue weighted by Gasteiger charge is -2.54. The Hall–Kier alpha value is -0.536. The monoisotopic (exact) mass is 563 g/mol. The number of carbonyl (C=O) groups is 1. The summed E-state index contributed by atoms with van der Waals surface area (Å²) in [4.78, 5) is 12.6. The molecule has 11 heteroatoms. The molecule has 6 atom stereocenters. The zero-order chi connectivity index (χ0) is 28.2. The Balaban J connectivity index is 2.13. The molecule has 2 heterocycles. The van der Waals surface area contributed by atoms with Gasteiger partial charge in [-0.3, -0.25) is 5.32 Å². The van der Waals surface area contributed by atoms with E-state index in [4.69, 9.17) is 32.8 Å². The van der Waals surface area contributed by atoms with E-state index < -0.39 is 40.9 Å². The number of hydrogen-bond donors (Lipinski definition) is 1. The first-order valence-electron chi connectivity index (χ1n) is 13.4. The van der Waals surface area contributed by atoms with Crippen LogP contribution in [0.3, 0.4) is 0 Å². The van der Waals surface area contributed by atoms with Gasteiger partial charge in [-0.2, -0.15) is 0 Å². The molecule has 1 N–H and O–H groups in total. The summed E-state index contributed by atoms with van der Waals surface area (Å²) in [6.07, 6.45) is -2.25. The minimum absolute atomic E-state index is 0.0338. The molecule has 0 spiro atoms. The zero-order valence-corrected chi connectivity index (χ0v) is 27.3. The van der Waals surface area contributed by atoms with Gasteiger partial charge in [0, 0.05) is 34.1 Å². The van der Waals surface area contributed by atoms with E-state index in [-0.39, 0.29) is 35.6 Å². The molecule has 9 nitrogen and oxygen atoms in total. The Labute approximate surface area is 226 Å². The highest BCUT2D eigenvalue weighted by atomic mass is 28.4. The summed E-state index contributed by atoms with van der Waals surface area (Å²) in [6.45, 7) is 23.0. The fraction of sp³-hybridized carbons (Fsp3) is 0.962. The quantitative estimate of drug-likeness (QED) is 0.352. The molecule has 2 saturated heterocycles. The molecule has 0 aromatic heterocycles. The summed E-state index contributed by atoms with van der Waals surface area (Å²) < 4.78 is 42.1. The van der Waals surface area contributed by atoms with Crippen LogP contribution in [0.15, 0.2) is 0 Å². The fourth-order valence-corrected chi connectivity index (χ4v) is 6.20. The van der Waals surface area contributed by atoms with Crippen LogP contribution in [0.2, 0.25) is 43.8 Å². The Morgan fingerprint density at radius 3 is 2.27 bits per heavy atom. The standard InChI is InChI=1S/C26H53NO8Si2/c1-25(2,3)37(11,12)34-16-18(29-6)15-19-26(4,5)22(30-7)20-21(35-19)23(33-17-32-20)27-24(28)31-13-14-36(8,9)10/h18-23H,13-17H2,1-12H3,(H,27,28)/t18-,19-,20+,21+,22-,23+/m1/s1. The summed E-state index contributed by atoms with van der Waals surface area (Å²) in [7, 11) is 0.154. The minimum atomic E-state index is -1.93. The fourth-order valence-electron chi connectivity index (χ4n) is 4.45. The van der Waals surface area contributed by atoms with E-state index in [9.17, 15) is 4.79 Å². The van der Waals surface area contributed by atoms with E-state index >= 15 is 0 Å². The van der Waals surface area contributed by atoms with Crippen LogP contribution in [-0.2, 0) is 32.8 Å². The third-order valence-electron chi connectivity index (χ3n) is 8.16. The summed E-state index contributed by atoms with van der Waals surface area (Å²) in [5.74, 6) is 0. The average molecular weight is 564 g/mol. The topological polar surface area (TPSA) is 93.7 Å². The third kappa shape index (κ3) is 8.73. The van der Waals surface area contributed by atoms with E-state index in [1.165, 1.54) is 0 Å². The van der Waals surface area contributed by atoms with Crippen LogP contribution in [0.5, 0.6) is 0 Å². The van der Waals surface area contributed by atoms with Gasteiger partial charge in [-0.25, -0.2) is 4.79 Å². The lowest BCUT2D eigenvalue weighted by molar-refractivity contribution is -0.331. The minimum Gasteiger partial charge on any atom is -0.450 e. The van der Waals surface area contributed by atoms with Crippen molar-refractivity contribution in [1.29, 1.82) is 0 Å². The van der Waals surface area contributed by atoms with Crippen molar-refractivity contribution in [2.24, 2.45) is 5.41 Å². The van der Waals surface area contributed by atoms with Crippen molar-refractivity contribution in [3.63, 3.8) is 0 Å². The molecule has 218 valence electrons. The van der Waals surface area contributed by atoms with Crippen molar-refractivity contribution in [1.82, 2.24) is 5.32 Å². The van der Waals surface area contributed by atoms with Crippen molar-refractivity contribution >= 4 is 22.5 Å². The highest BCUT2D eigenvalue weighted by Crippen LogP contribution is 2.44. The predicted octanol–water partition coefficient (Wildman–Crippen LogP) is 4.99. The molecule has 0 radical (unpaired) electrons. The maximum atomic E-state index is 12.6. The van der Waals surface area contributed by atoms with E-state index in [2.05, 4.69) is 72.7 Å². The molecule has 2 rings (SSSR count). The van der Waals surface area contributed by atoms with Crippen molar-refractivity contribution < 1.29 is 37.6 Å². The predicted molar refractivity (Wildman–Crippen MR) is 149 cm³/mol. The molecule has 0 aromatic rings. The lowest BCUT2D eigenvalue weighted by Crippen LogP contribution is -2.68. The Bertz CT molecular complexity index is 737. The molecule has 0 unspecified atom stereocenters. The van der Waals surface area contributed by atoms with Crippen molar-refractivity contribution in [2.75, 3.05) is 34.2 Å². The highest BCUT2D eigenvalue weighted by molar-refractivity contribution is 6.76. The van der Waals surface area contributed by atoms with Gasteiger partial charge >= 0.3 is 6.09 Å². The van der Waals surface area contributed by atoms with Crippen molar-refractivity contribution in [2.45, 2.75) is 122 Å². The van der Waals surface area contributed by atoms with Gasteiger partial charge in [-0.15, -0.1) is 0 Å². The van der Waals surface area contributed by atoms with Gasteiger partial charge in [0.05, 0.1) is 31.5 Å². The number of rotatable bonds is 11. The largest absolute Gasteiger partial charge is 0.450 e. The highest BCUT2D eigenvalue weighted by Gasteiger charge is 2.56. The number of hydrogen-bond acceptors (Lipinski definition) is 8. The SMILES string of the molecule is CO[C@@H](CO[Si](C)(C)C(C)(C)C)C[C@H]1O[C@H]2[C@H](OCO[C@@H]2NC(=O)OCC[Si](C)(C)C)[C@@H](OC)C1(C)C. The van der Waals surface area contributed by atoms with Crippen LogP contribution in [0, 0.1) is 5.41 Å². The van der Waals surface area contributed by atoms with E-state index in [1.807, 2.05) is 0 Å². The van der Waals surface area contributed by atoms with E-state index in [0.29, 0.717) is 19.6 Å². The van der Waals surface area contributed by atoms with Crippen LogP contribution in [0.25, 0.3) is 0 Å². The van der Waals surface area contributed by atoms with Crippen molar-refractivity contribution in [3.8, 4) is 0 Å². The number of carbonyl (C=O) groups excluding carboxylic acids is 1. The molecule has 0 bridgehead atoms. The van der Waals surface area contributed by atoms with Crippen LogP contribution in [0.1, 0.15) is 41.0 Å². The second kappa shape index (κ2) is 12.8. The number of amides is 1. The van der Waals surface area contributed by atoms with Gasteiger partial charge < -0.3 is 32.8 Å². The third-order valence-corrected chi connectivity index (χ3v) is 14.4. The molecule has 2 aliphatic rings. The maximum absolute atomic E-state index is 12.6. The number of fused-ring (bicyclic) bond motifs is 1. The van der Waals surface area contributed by atoms with Gasteiger partial charge in [-0.1, -0.05) is 54.3 Å². The van der Waals surface area contributed by atoms with Gasteiger partial charge in [-0.05, 0) is 24.2 Å². The van der Waals surface area contributed by atoms with Gasteiger partial charge in [0.2, 0.25) is 0 Å². The number of nitrogens with one attached hydrogen (secondary N) is 1. The molecule has 1 amide bonds. The van der Waals surface area contributed by atoms with E-state index in [1.54, 1.807) is 14.2 Å². The summed E-state index contributed by atoms with van der Waals surface area (Å²) in [5.41, 5.74) is -0.386. The number of ether oxygens (including phenoxy) is 6. The summed E-state index contributed by atoms with van der Waals surface area (Å²) >= 11 is 0. The van der Waals surface area contributed by atoms with E-state index in [0.717, 1.165) is 6.04 Å². The van der Waals surface area contributed by atoms with Crippen LogP contribution >= 0.6 is 0 Å². The Morgan fingerprint density at radius 1 is 1.08 bits per heavy atom. The lowest BCUT2D eigenvalue weighted by atomic mass is 9.72. The van der Waals surface area contributed by atoms with Crippen LogP contribution < -0.4 is 5.32 Å². The molecule has 2 aliphatic heterocycles. The molecule has 0 saturated carbocycles. The number of methoxy groups -OCH3 is 2. The molecule has 37 heavy (non-hydrogen) atoms. The van der Waals surface area contributed by atoms with Gasteiger partial charge in [0.15, 0.2) is 14.5 Å². The smallest absolute Gasteiger partial charge is 0.409 e. The molecular formula is C26H53NO8Si2.